The van der Waals surface area contributed by atoms with Crippen LogP contribution in [0.1, 0.15) is 140 Å². The van der Waals surface area contributed by atoms with E-state index in [0.717, 1.165) is 47.9 Å². The Bertz CT molecular complexity index is 4470. The maximum atomic E-state index is 13.3. The highest BCUT2D eigenvalue weighted by Gasteiger charge is 2.46. The van der Waals surface area contributed by atoms with E-state index in [1.54, 1.807) is 112 Å². The summed E-state index contributed by atoms with van der Waals surface area (Å²) in [5.41, 5.74) is 9.73. The summed E-state index contributed by atoms with van der Waals surface area (Å²) in [6.45, 7) is 19.3. The molecule has 6 amide bonds. The number of nitrogens with one attached hydrogen (secondary N) is 1. The number of ether oxygens (including phenoxy) is 2. The van der Waals surface area contributed by atoms with E-state index < -0.39 is 22.0 Å². The predicted molar refractivity (Wildman–Crippen MR) is 376 cm³/mol. The van der Waals surface area contributed by atoms with Gasteiger partial charge in [0.2, 0.25) is 23.0 Å². The van der Waals surface area contributed by atoms with Crippen molar-refractivity contribution in [1.82, 2.24) is 58.6 Å². The van der Waals surface area contributed by atoms with E-state index in [4.69, 9.17) is 31.8 Å². The fourth-order valence-electron chi connectivity index (χ4n) is 12.4. The molecule has 4 fully saturated rings. The number of benzene rings is 2. The molecule has 2 aromatic carbocycles. The van der Waals surface area contributed by atoms with Gasteiger partial charge < -0.3 is 40.1 Å². The zero-order valence-electron chi connectivity index (χ0n) is 58.2. The molecule has 4 atom stereocenters. The van der Waals surface area contributed by atoms with Gasteiger partial charge in [-0.15, -0.1) is 0 Å². The highest BCUT2D eigenvalue weighted by Crippen LogP contribution is 2.37. The molecule has 4 bridgehead atoms. The normalized spacial score (nSPS) is 17.7. The summed E-state index contributed by atoms with van der Waals surface area (Å²) in [6, 6.07) is 29.7. The zero-order chi connectivity index (χ0) is 71.8. The van der Waals surface area contributed by atoms with Gasteiger partial charge in [-0.2, -0.15) is 20.5 Å². The third kappa shape index (κ3) is 15.7. The van der Waals surface area contributed by atoms with Crippen molar-refractivity contribution >= 4 is 98.4 Å². The van der Waals surface area contributed by atoms with Crippen LogP contribution in [0.4, 0.5) is 38.5 Å². The highest BCUT2D eigenvalue weighted by atomic mass is 35.5. The third-order valence-corrected chi connectivity index (χ3v) is 17.8. The number of pyridine rings is 2. The SMILES string of the molecule is CC(C)(C)OC(=O)N1C2CCC1CN(c1ccc(N)nc1)C(=O)C2.CN(C)C(=O)c1cc2cnc(Cl)nc2n1-c1ccc(C(C)(C)C#N)cc1.CN(C)C(=O)c1cc2cnc(Nc3ccc(N4CC5CCC(CC4=O)N5C(=O)OC(C)(C)C)cn3)nc2n1-c1ccc(C(C)(C)C#N)cc1. The van der Waals surface area contributed by atoms with E-state index in [-0.39, 0.29) is 77.6 Å². The van der Waals surface area contributed by atoms with Gasteiger partial charge in [0.25, 0.3) is 11.8 Å². The number of rotatable bonds is 10. The highest BCUT2D eigenvalue weighted by molar-refractivity contribution is 6.28. The van der Waals surface area contributed by atoms with Crippen molar-refractivity contribution in [3.05, 3.63) is 138 Å². The van der Waals surface area contributed by atoms with Crippen LogP contribution in [0.15, 0.2) is 110 Å². The number of fused-ring (bicyclic) bond motifs is 6. The topological polar surface area (TPSA) is 313 Å². The predicted octanol–water partition coefficient (Wildman–Crippen LogP) is 11.3. The maximum Gasteiger partial charge on any atom is 0.410 e. The molecule has 0 spiro atoms. The molecule has 4 aliphatic heterocycles. The van der Waals surface area contributed by atoms with Crippen molar-refractivity contribution in [3.63, 3.8) is 0 Å². The second-order valence-corrected chi connectivity index (χ2v) is 28.9. The number of hydrogen-bond acceptors (Lipinski definition) is 18. The van der Waals surface area contributed by atoms with Gasteiger partial charge >= 0.3 is 12.2 Å². The Balaban J connectivity index is 0.000000178. The lowest BCUT2D eigenvalue weighted by Crippen LogP contribution is -2.45. The van der Waals surface area contributed by atoms with Gasteiger partial charge in [-0.05, 0) is 178 Å². The fourth-order valence-corrected chi connectivity index (χ4v) is 12.6. The number of carbonyl (C=O) groups is 6. The number of carbonyl (C=O) groups excluding carboxylic acids is 6. The molecule has 0 saturated carbocycles. The number of anilines is 5. The van der Waals surface area contributed by atoms with Gasteiger partial charge in [0.15, 0.2) is 5.65 Å². The number of aromatic nitrogens is 8. The second kappa shape index (κ2) is 28.0. The van der Waals surface area contributed by atoms with Crippen LogP contribution in [-0.2, 0) is 29.9 Å². The van der Waals surface area contributed by atoms with E-state index in [1.165, 1.54) is 9.80 Å². The van der Waals surface area contributed by atoms with Crippen molar-refractivity contribution in [1.29, 1.82) is 10.5 Å². The van der Waals surface area contributed by atoms with E-state index in [9.17, 15) is 39.3 Å². The van der Waals surface area contributed by atoms with Crippen LogP contribution in [0.5, 0.6) is 0 Å². The van der Waals surface area contributed by atoms with E-state index in [1.807, 2.05) is 124 Å². The average molecular weight is 1360 g/mol. The summed E-state index contributed by atoms with van der Waals surface area (Å²) >= 11 is 5.97. The van der Waals surface area contributed by atoms with Crippen LogP contribution in [0.25, 0.3) is 33.4 Å². The Hall–Kier alpha value is -10.7. The molecule has 0 radical (unpaired) electrons. The van der Waals surface area contributed by atoms with Gasteiger partial charge in [0.05, 0.1) is 58.8 Å². The molecule has 0 aliphatic carbocycles. The number of nitriles is 2. The Morgan fingerprint density at radius 2 is 0.949 bits per heavy atom. The first-order valence-corrected chi connectivity index (χ1v) is 33.0. The molecule has 99 heavy (non-hydrogen) atoms. The van der Waals surface area contributed by atoms with Crippen LogP contribution in [0, 0.1) is 22.7 Å². The first kappa shape index (κ1) is 71.1. The Morgan fingerprint density at radius 3 is 1.34 bits per heavy atom. The molecule has 4 saturated heterocycles. The van der Waals surface area contributed by atoms with E-state index >= 15 is 0 Å². The molecule has 26 nitrogen and oxygen atoms in total. The monoisotopic (exact) mass is 1360 g/mol. The zero-order valence-corrected chi connectivity index (χ0v) is 59.0. The Morgan fingerprint density at radius 1 is 0.545 bits per heavy atom. The second-order valence-electron chi connectivity index (χ2n) is 28.5. The number of nitrogens with two attached hydrogens (primary N) is 1. The largest absolute Gasteiger partial charge is 0.444 e. The number of nitrogen functional groups attached to an aromatic ring is 1. The molecule has 12 rings (SSSR count). The lowest BCUT2D eigenvalue weighted by Gasteiger charge is -2.31. The van der Waals surface area contributed by atoms with Crippen molar-refractivity contribution in [3.8, 4) is 23.5 Å². The van der Waals surface area contributed by atoms with Crippen molar-refractivity contribution in [2.45, 2.75) is 154 Å². The minimum Gasteiger partial charge on any atom is -0.444 e. The summed E-state index contributed by atoms with van der Waals surface area (Å²) in [6.07, 6.45) is 9.56. The Kier molecular flexibility index (Phi) is 20.1. The standard InChI is InChI=1S/C36H41N9O4.C19H18ClN5O.C17H24N4O3/c1-35(2,3)49-34(48)44-25-12-13-27(44)20-43(30(46)17-25)26-14-15-29(38-19-26)40-33-39-18-22-16-28(32(47)42(6)7)45(31(22)41-33)24-10-8-23(9-11-24)36(4,5)21-37;1-19(2,11-21)13-5-7-14(8-6-13)25-15(17(26)24(3)4)9-12-10-22-18(20)23-16(12)25;1-17(2,3)24-16(23)21-11-4-5-13(21)10-20(15(22)8-11)12-6-7-14(18)19-9-12/h8-11,14-16,18-19,25,27H,12-13,17,20H2,1-7H3,(H,38,39,40,41);5-10H,1-4H3;6-7,9,11,13H,4-5,8,10H2,1-3H3,(H2,18,19). The molecule has 4 aliphatic rings. The Labute approximate surface area is 580 Å². The van der Waals surface area contributed by atoms with Crippen LogP contribution >= 0.6 is 11.6 Å². The molecule has 10 heterocycles. The number of hydrogen-bond donors (Lipinski definition) is 2. The lowest BCUT2D eigenvalue weighted by molar-refractivity contribution is -0.119. The van der Waals surface area contributed by atoms with Crippen molar-refractivity contribution in [2.75, 3.05) is 62.1 Å². The summed E-state index contributed by atoms with van der Waals surface area (Å²) in [5.74, 6) is 0.741. The number of nitrogens with zero attached hydrogens (tertiary/aromatic N) is 16. The smallest absolute Gasteiger partial charge is 0.410 e. The third-order valence-electron chi connectivity index (χ3n) is 17.6. The maximum absolute atomic E-state index is 13.3. The van der Waals surface area contributed by atoms with Gasteiger partial charge in [-0.3, -0.25) is 38.1 Å². The summed E-state index contributed by atoms with van der Waals surface area (Å²) < 4.78 is 14.7. The van der Waals surface area contributed by atoms with Crippen LogP contribution in [-0.4, -0.2) is 171 Å². The van der Waals surface area contributed by atoms with Crippen LogP contribution in [0.3, 0.4) is 0 Å². The molecular formula is C72H83ClN18O8. The van der Waals surface area contributed by atoms with Gasteiger partial charge in [0, 0.05) is 101 Å². The van der Waals surface area contributed by atoms with Crippen LogP contribution < -0.4 is 20.9 Å². The van der Waals surface area contributed by atoms with Crippen molar-refractivity contribution < 1.29 is 38.2 Å². The molecular weight excluding hydrogens is 1280 g/mol. The van der Waals surface area contributed by atoms with Gasteiger partial charge in [-0.25, -0.2) is 29.5 Å². The molecule has 27 heteroatoms. The number of halogens is 1. The summed E-state index contributed by atoms with van der Waals surface area (Å²) in [7, 11) is 6.78. The van der Waals surface area contributed by atoms with E-state index in [2.05, 4.69) is 42.4 Å². The minimum atomic E-state index is -0.665. The molecule has 4 unspecified atom stereocenters. The van der Waals surface area contributed by atoms with Crippen LogP contribution in [0.2, 0.25) is 5.28 Å². The summed E-state index contributed by atoms with van der Waals surface area (Å²) in [4.78, 5) is 113. The fraction of sp³-hybridized carbons (Fsp3) is 0.417. The van der Waals surface area contributed by atoms with Gasteiger partial charge in [0.1, 0.15) is 39.9 Å². The average Bonchev–Trinajstić information content (AvgIpc) is 1.64. The van der Waals surface area contributed by atoms with Crippen molar-refractivity contribution in [2.24, 2.45) is 0 Å². The molecule has 516 valence electrons. The first-order chi connectivity index (χ1) is 46.6. The summed E-state index contributed by atoms with van der Waals surface area (Å²) in [5, 5.41) is 23.6. The first-order valence-electron chi connectivity index (χ1n) is 32.6. The minimum absolute atomic E-state index is 0.00216. The lowest BCUT2D eigenvalue weighted by atomic mass is 9.86. The molecule has 6 aromatic heterocycles. The quantitative estimate of drug-likeness (QED) is 0.120. The molecule has 3 N–H and O–H groups in total. The number of amides is 6. The molecule has 8 aromatic rings. The van der Waals surface area contributed by atoms with Gasteiger partial charge in [-0.1, -0.05) is 24.3 Å². The van der Waals surface area contributed by atoms with E-state index in [0.29, 0.717) is 76.3 Å².